The molecule has 0 spiro atoms. The van der Waals surface area contributed by atoms with Crippen molar-refractivity contribution < 1.29 is 10.0 Å². The van der Waals surface area contributed by atoms with Crippen molar-refractivity contribution in [3.05, 3.63) is 71.8 Å². The average Bonchev–Trinajstić information content (AvgIpc) is 2.52. The summed E-state index contributed by atoms with van der Waals surface area (Å²) >= 11 is 0. The third-order valence-electron chi connectivity index (χ3n) is 2.79. The van der Waals surface area contributed by atoms with E-state index in [9.17, 15) is 4.79 Å². The molecule has 0 aromatic heterocycles. The lowest BCUT2D eigenvalue weighted by atomic mass is 10.2. The molecule has 2 rings (SSSR count). The molecule has 0 saturated heterocycles. The summed E-state index contributed by atoms with van der Waals surface area (Å²) < 4.78 is 0. The van der Waals surface area contributed by atoms with Crippen molar-refractivity contribution >= 4 is 17.7 Å². The van der Waals surface area contributed by atoms with E-state index in [1.165, 1.54) is 11.6 Å². The SMILES string of the molecule is O=C(/C=C/c1ccc(NCc2ccccc2)cc1)NO. The maximum absolute atomic E-state index is 10.9. The number of hydrogen-bond acceptors (Lipinski definition) is 3. The van der Waals surface area contributed by atoms with E-state index in [1.807, 2.05) is 42.5 Å². The monoisotopic (exact) mass is 268 g/mol. The van der Waals surface area contributed by atoms with Crippen molar-refractivity contribution in [3.63, 3.8) is 0 Å². The highest BCUT2D eigenvalue weighted by Crippen LogP contribution is 2.12. The Morgan fingerprint density at radius 3 is 2.40 bits per heavy atom. The van der Waals surface area contributed by atoms with Gasteiger partial charge in [0.05, 0.1) is 0 Å². The summed E-state index contributed by atoms with van der Waals surface area (Å²) in [6, 6.07) is 17.8. The molecule has 0 aliphatic rings. The highest BCUT2D eigenvalue weighted by Gasteiger charge is 1.95. The quantitative estimate of drug-likeness (QED) is 0.444. The second kappa shape index (κ2) is 7.11. The number of carbonyl (C=O) groups excluding carboxylic acids is 1. The first-order chi connectivity index (χ1) is 9.78. The number of anilines is 1. The zero-order valence-corrected chi connectivity index (χ0v) is 10.9. The van der Waals surface area contributed by atoms with Gasteiger partial charge in [0, 0.05) is 18.3 Å². The summed E-state index contributed by atoms with van der Waals surface area (Å²) in [7, 11) is 0. The van der Waals surface area contributed by atoms with Gasteiger partial charge < -0.3 is 5.32 Å². The van der Waals surface area contributed by atoms with E-state index in [1.54, 1.807) is 11.6 Å². The first-order valence-corrected chi connectivity index (χ1v) is 6.28. The Labute approximate surface area is 117 Å². The zero-order valence-electron chi connectivity index (χ0n) is 10.9. The van der Waals surface area contributed by atoms with Gasteiger partial charge in [-0.2, -0.15) is 0 Å². The van der Waals surface area contributed by atoms with E-state index in [0.29, 0.717) is 0 Å². The van der Waals surface area contributed by atoms with Crippen LogP contribution in [0.25, 0.3) is 6.08 Å². The third-order valence-corrected chi connectivity index (χ3v) is 2.79. The van der Waals surface area contributed by atoms with E-state index in [-0.39, 0.29) is 0 Å². The van der Waals surface area contributed by atoms with E-state index >= 15 is 0 Å². The molecule has 0 bridgehead atoms. The van der Waals surface area contributed by atoms with Crippen LogP contribution in [0.3, 0.4) is 0 Å². The molecule has 0 aliphatic carbocycles. The molecular weight excluding hydrogens is 252 g/mol. The number of hydroxylamine groups is 1. The second-order valence-corrected chi connectivity index (χ2v) is 4.27. The minimum Gasteiger partial charge on any atom is -0.381 e. The zero-order chi connectivity index (χ0) is 14.2. The number of rotatable bonds is 5. The molecule has 0 unspecified atom stereocenters. The highest BCUT2D eigenvalue weighted by molar-refractivity contribution is 5.90. The van der Waals surface area contributed by atoms with Crippen LogP contribution >= 0.6 is 0 Å². The molecule has 1 amide bonds. The van der Waals surface area contributed by atoms with Gasteiger partial charge in [-0.25, -0.2) is 5.48 Å². The Kier molecular flexibility index (Phi) is 4.92. The maximum Gasteiger partial charge on any atom is 0.267 e. The molecule has 3 N–H and O–H groups in total. The predicted octanol–water partition coefficient (Wildman–Crippen LogP) is 2.82. The van der Waals surface area contributed by atoms with E-state index in [0.717, 1.165) is 17.8 Å². The highest BCUT2D eigenvalue weighted by atomic mass is 16.5. The molecule has 0 atom stereocenters. The lowest BCUT2D eigenvalue weighted by Gasteiger charge is -2.06. The van der Waals surface area contributed by atoms with Crippen molar-refractivity contribution in [1.29, 1.82) is 0 Å². The smallest absolute Gasteiger partial charge is 0.267 e. The molecular formula is C16H16N2O2. The van der Waals surface area contributed by atoms with Gasteiger partial charge in [-0.15, -0.1) is 0 Å². The van der Waals surface area contributed by atoms with Gasteiger partial charge in [0.25, 0.3) is 5.91 Å². The predicted molar refractivity (Wildman–Crippen MR) is 79.2 cm³/mol. The Morgan fingerprint density at radius 1 is 1.05 bits per heavy atom. The van der Waals surface area contributed by atoms with Gasteiger partial charge in [0.1, 0.15) is 0 Å². The van der Waals surface area contributed by atoms with Crippen molar-refractivity contribution in [3.8, 4) is 0 Å². The second-order valence-electron chi connectivity index (χ2n) is 4.27. The van der Waals surface area contributed by atoms with Crippen LogP contribution in [-0.2, 0) is 11.3 Å². The molecule has 0 fully saturated rings. The Morgan fingerprint density at radius 2 is 1.75 bits per heavy atom. The average molecular weight is 268 g/mol. The number of carbonyl (C=O) groups is 1. The molecule has 0 saturated carbocycles. The first-order valence-electron chi connectivity index (χ1n) is 6.28. The number of hydrogen-bond donors (Lipinski definition) is 3. The fourth-order valence-electron chi connectivity index (χ4n) is 1.72. The summed E-state index contributed by atoms with van der Waals surface area (Å²) in [5.74, 6) is -0.545. The van der Waals surface area contributed by atoms with Crippen LogP contribution in [0.15, 0.2) is 60.7 Å². The third kappa shape index (κ3) is 4.26. The van der Waals surface area contributed by atoms with Crippen LogP contribution in [0.1, 0.15) is 11.1 Å². The summed E-state index contributed by atoms with van der Waals surface area (Å²) in [4.78, 5) is 10.9. The van der Waals surface area contributed by atoms with Gasteiger partial charge in [0.2, 0.25) is 0 Å². The molecule has 4 heteroatoms. The van der Waals surface area contributed by atoms with Crippen molar-refractivity contribution in [2.24, 2.45) is 0 Å². The molecule has 102 valence electrons. The van der Waals surface area contributed by atoms with Crippen molar-refractivity contribution in [2.75, 3.05) is 5.32 Å². The molecule has 0 heterocycles. The fraction of sp³-hybridized carbons (Fsp3) is 0.0625. The summed E-state index contributed by atoms with van der Waals surface area (Å²) in [5.41, 5.74) is 4.67. The normalized spacial score (nSPS) is 10.4. The topological polar surface area (TPSA) is 61.4 Å². The molecule has 2 aromatic carbocycles. The maximum atomic E-state index is 10.9. The largest absolute Gasteiger partial charge is 0.381 e. The van der Waals surface area contributed by atoms with Crippen LogP contribution in [0.2, 0.25) is 0 Å². The number of benzene rings is 2. The Bertz CT molecular complexity index is 577. The Hall–Kier alpha value is -2.59. The lowest BCUT2D eigenvalue weighted by molar-refractivity contribution is -0.124. The van der Waals surface area contributed by atoms with Gasteiger partial charge in [-0.1, -0.05) is 42.5 Å². The first kappa shape index (κ1) is 13.8. The van der Waals surface area contributed by atoms with Crippen LogP contribution in [0.4, 0.5) is 5.69 Å². The van der Waals surface area contributed by atoms with Crippen molar-refractivity contribution in [2.45, 2.75) is 6.54 Å². The molecule has 4 nitrogen and oxygen atoms in total. The number of amides is 1. The standard InChI is InChI=1S/C16H16N2O2/c19-16(18-20)11-8-13-6-9-15(10-7-13)17-12-14-4-2-1-3-5-14/h1-11,17,20H,12H2,(H,18,19)/b11-8+. The van der Waals surface area contributed by atoms with E-state index in [2.05, 4.69) is 17.4 Å². The van der Waals surface area contributed by atoms with Crippen LogP contribution in [0, 0.1) is 0 Å². The molecule has 2 aromatic rings. The lowest BCUT2D eigenvalue weighted by Crippen LogP contribution is -2.14. The minimum absolute atomic E-state index is 0.545. The van der Waals surface area contributed by atoms with Crippen LogP contribution in [-0.4, -0.2) is 11.1 Å². The molecule has 0 radical (unpaired) electrons. The summed E-state index contributed by atoms with van der Waals surface area (Å²) in [5, 5.41) is 11.7. The fourth-order valence-corrected chi connectivity index (χ4v) is 1.72. The summed E-state index contributed by atoms with van der Waals surface area (Å²) in [6.07, 6.45) is 2.90. The van der Waals surface area contributed by atoms with Gasteiger partial charge in [-0.3, -0.25) is 10.0 Å². The van der Waals surface area contributed by atoms with Crippen LogP contribution in [0.5, 0.6) is 0 Å². The summed E-state index contributed by atoms with van der Waals surface area (Å²) in [6.45, 7) is 0.767. The Balaban J connectivity index is 1.91. The van der Waals surface area contributed by atoms with E-state index in [4.69, 9.17) is 5.21 Å². The molecule has 20 heavy (non-hydrogen) atoms. The minimum atomic E-state index is -0.545. The van der Waals surface area contributed by atoms with Gasteiger partial charge >= 0.3 is 0 Å². The van der Waals surface area contributed by atoms with Crippen molar-refractivity contribution in [1.82, 2.24) is 5.48 Å². The van der Waals surface area contributed by atoms with E-state index < -0.39 is 5.91 Å². The van der Waals surface area contributed by atoms with Crippen LogP contribution < -0.4 is 10.8 Å². The number of nitrogens with one attached hydrogen (secondary N) is 2. The molecule has 0 aliphatic heterocycles. The van der Waals surface area contributed by atoms with Gasteiger partial charge in [-0.05, 0) is 29.3 Å². The van der Waals surface area contributed by atoms with Gasteiger partial charge in [0.15, 0.2) is 0 Å².